The van der Waals surface area contributed by atoms with Crippen LogP contribution in [0.3, 0.4) is 0 Å². The summed E-state index contributed by atoms with van der Waals surface area (Å²) >= 11 is 1.31. The molecule has 2 amide bonds. The molecule has 2 aromatic carbocycles. The number of hydrogen-bond acceptors (Lipinski definition) is 5. The lowest BCUT2D eigenvalue weighted by Gasteiger charge is -2.06. The lowest BCUT2D eigenvalue weighted by molar-refractivity contribution is 0.262. The lowest BCUT2D eigenvalue weighted by atomic mass is 10.1. The van der Waals surface area contributed by atoms with Crippen molar-refractivity contribution in [1.82, 2.24) is 15.2 Å². The number of aromatic nitrogens is 3. The van der Waals surface area contributed by atoms with Crippen molar-refractivity contribution in [1.29, 1.82) is 0 Å². The fourth-order valence-electron chi connectivity index (χ4n) is 2.41. The van der Waals surface area contributed by atoms with E-state index in [9.17, 15) is 4.79 Å². The highest BCUT2D eigenvalue weighted by Gasteiger charge is 2.10. The molecule has 6 nitrogen and oxygen atoms in total. The van der Waals surface area contributed by atoms with Gasteiger partial charge in [0.1, 0.15) is 5.01 Å². The summed E-state index contributed by atoms with van der Waals surface area (Å²) in [5, 5.41) is 17.0. The highest BCUT2D eigenvalue weighted by molar-refractivity contribution is 7.18. The summed E-state index contributed by atoms with van der Waals surface area (Å²) in [6, 6.07) is 17.1. The van der Waals surface area contributed by atoms with Gasteiger partial charge < -0.3 is 5.32 Å². The fraction of sp³-hybridized carbons (Fsp3) is 0. The Labute approximate surface area is 147 Å². The maximum atomic E-state index is 12.2. The average Bonchev–Trinajstić information content (AvgIpc) is 3.10. The molecule has 0 saturated carbocycles. The number of nitrogens with one attached hydrogen (secondary N) is 2. The minimum Gasteiger partial charge on any atom is -0.308 e. The number of fused-ring (bicyclic) bond motifs is 1. The number of urea groups is 1. The van der Waals surface area contributed by atoms with E-state index in [4.69, 9.17) is 0 Å². The standard InChI is InChI=1S/C18H13N5OS/c24-17(20-15-6-5-12-3-1-2-4-14(12)11-15)21-18-23-22-16(25-18)13-7-9-19-10-8-13/h1-11H,(H2,20,21,23,24). The Morgan fingerprint density at radius 1 is 0.880 bits per heavy atom. The molecule has 0 spiro atoms. The zero-order valence-corrected chi connectivity index (χ0v) is 13.8. The van der Waals surface area contributed by atoms with Crippen LogP contribution in [0.4, 0.5) is 15.6 Å². The largest absolute Gasteiger partial charge is 0.325 e. The van der Waals surface area contributed by atoms with Gasteiger partial charge in [-0.1, -0.05) is 41.7 Å². The van der Waals surface area contributed by atoms with Crippen molar-refractivity contribution in [3.05, 3.63) is 67.0 Å². The Hall–Kier alpha value is -3.32. The van der Waals surface area contributed by atoms with E-state index >= 15 is 0 Å². The monoisotopic (exact) mass is 347 g/mol. The first-order valence-electron chi connectivity index (χ1n) is 7.59. The number of carbonyl (C=O) groups excluding carboxylic acids is 1. The van der Waals surface area contributed by atoms with E-state index in [0.717, 1.165) is 27.0 Å². The highest BCUT2D eigenvalue weighted by atomic mass is 32.1. The third kappa shape index (κ3) is 3.46. The molecule has 2 aromatic heterocycles. The quantitative estimate of drug-likeness (QED) is 0.576. The van der Waals surface area contributed by atoms with Gasteiger partial charge in [0, 0.05) is 23.6 Å². The van der Waals surface area contributed by atoms with Gasteiger partial charge in [0.15, 0.2) is 0 Å². The third-order valence-corrected chi connectivity index (χ3v) is 4.47. The van der Waals surface area contributed by atoms with Crippen LogP contribution in [0.25, 0.3) is 21.3 Å². The third-order valence-electron chi connectivity index (χ3n) is 3.58. The number of hydrogen-bond donors (Lipinski definition) is 2. The molecule has 4 aromatic rings. The number of benzene rings is 2. The summed E-state index contributed by atoms with van der Waals surface area (Å²) in [5.74, 6) is 0. The summed E-state index contributed by atoms with van der Waals surface area (Å²) in [6.45, 7) is 0. The molecule has 0 bridgehead atoms. The second kappa shape index (κ2) is 6.66. The van der Waals surface area contributed by atoms with E-state index in [0.29, 0.717) is 5.13 Å². The summed E-state index contributed by atoms with van der Waals surface area (Å²) < 4.78 is 0. The van der Waals surface area contributed by atoms with Crippen LogP contribution in [-0.4, -0.2) is 21.2 Å². The predicted molar refractivity (Wildman–Crippen MR) is 99.7 cm³/mol. The number of amides is 2. The van der Waals surface area contributed by atoms with Gasteiger partial charge in [-0.3, -0.25) is 10.3 Å². The Morgan fingerprint density at radius 2 is 1.68 bits per heavy atom. The van der Waals surface area contributed by atoms with Crippen molar-refractivity contribution in [2.75, 3.05) is 10.6 Å². The van der Waals surface area contributed by atoms with Gasteiger partial charge in [-0.15, -0.1) is 10.2 Å². The molecule has 2 N–H and O–H groups in total. The Balaban J connectivity index is 1.46. The number of rotatable bonds is 3. The highest BCUT2D eigenvalue weighted by Crippen LogP contribution is 2.26. The van der Waals surface area contributed by atoms with Crippen molar-refractivity contribution < 1.29 is 4.79 Å². The first-order valence-corrected chi connectivity index (χ1v) is 8.40. The van der Waals surface area contributed by atoms with Gasteiger partial charge in [-0.2, -0.15) is 0 Å². The predicted octanol–water partition coefficient (Wildman–Crippen LogP) is 4.40. The molecule has 0 aliphatic rings. The second-order valence-corrected chi connectivity index (χ2v) is 6.27. The van der Waals surface area contributed by atoms with Crippen molar-refractivity contribution in [2.24, 2.45) is 0 Å². The van der Waals surface area contributed by atoms with E-state index in [1.54, 1.807) is 12.4 Å². The first kappa shape index (κ1) is 15.2. The van der Waals surface area contributed by atoms with Gasteiger partial charge in [0.05, 0.1) is 0 Å². The van der Waals surface area contributed by atoms with Crippen molar-refractivity contribution in [3.8, 4) is 10.6 Å². The minimum absolute atomic E-state index is 0.354. The Morgan fingerprint density at radius 3 is 2.52 bits per heavy atom. The van der Waals surface area contributed by atoms with Gasteiger partial charge >= 0.3 is 6.03 Å². The van der Waals surface area contributed by atoms with E-state index in [1.807, 2.05) is 54.6 Å². The maximum absolute atomic E-state index is 12.2. The van der Waals surface area contributed by atoms with Crippen LogP contribution in [0.5, 0.6) is 0 Å². The van der Waals surface area contributed by atoms with Crippen molar-refractivity contribution >= 4 is 39.0 Å². The van der Waals surface area contributed by atoms with Gasteiger partial charge in [0.2, 0.25) is 5.13 Å². The van der Waals surface area contributed by atoms with Crippen LogP contribution in [-0.2, 0) is 0 Å². The number of nitrogens with zero attached hydrogens (tertiary/aromatic N) is 3. The van der Waals surface area contributed by atoms with Crippen LogP contribution >= 0.6 is 11.3 Å². The number of carbonyl (C=O) groups is 1. The molecule has 0 unspecified atom stereocenters. The van der Waals surface area contributed by atoms with Crippen LogP contribution in [0.2, 0.25) is 0 Å². The minimum atomic E-state index is -0.354. The Kier molecular flexibility index (Phi) is 4.05. The molecular formula is C18H13N5OS. The average molecular weight is 347 g/mol. The van der Waals surface area contributed by atoms with Gasteiger partial charge in [-0.25, -0.2) is 4.79 Å². The van der Waals surface area contributed by atoms with Crippen LogP contribution < -0.4 is 10.6 Å². The summed E-state index contributed by atoms with van der Waals surface area (Å²) in [6.07, 6.45) is 3.38. The van der Waals surface area contributed by atoms with Gasteiger partial charge in [-0.05, 0) is 35.0 Å². The second-order valence-electron chi connectivity index (χ2n) is 5.29. The zero-order valence-electron chi connectivity index (χ0n) is 13.0. The Bertz CT molecular complexity index is 1030. The van der Waals surface area contributed by atoms with E-state index in [1.165, 1.54) is 11.3 Å². The molecule has 4 rings (SSSR count). The normalized spacial score (nSPS) is 10.6. The smallest absolute Gasteiger partial charge is 0.308 e. The molecule has 122 valence electrons. The topological polar surface area (TPSA) is 79.8 Å². The zero-order chi connectivity index (χ0) is 17.1. The summed E-state index contributed by atoms with van der Waals surface area (Å²) in [5.41, 5.74) is 1.63. The van der Waals surface area contributed by atoms with Crippen LogP contribution in [0.1, 0.15) is 0 Å². The maximum Gasteiger partial charge on any atom is 0.325 e. The lowest BCUT2D eigenvalue weighted by Crippen LogP contribution is -2.19. The molecule has 0 aliphatic carbocycles. The fourth-order valence-corrected chi connectivity index (χ4v) is 3.16. The molecule has 0 aliphatic heterocycles. The van der Waals surface area contributed by atoms with Crippen molar-refractivity contribution in [3.63, 3.8) is 0 Å². The molecule has 0 saturated heterocycles. The van der Waals surface area contributed by atoms with E-state index in [-0.39, 0.29) is 6.03 Å². The SMILES string of the molecule is O=C(Nc1ccc2ccccc2c1)Nc1nnc(-c2ccncc2)s1. The number of anilines is 2. The molecular weight excluding hydrogens is 334 g/mol. The van der Waals surface area contributed by atoms with E-state index in [2.05, 4.69) is 25.8 Å². The molecule has 2 heterocycles. The molecule has 0 radical (unpaired) electrons. The van der Waals surface area contributed by atoms with Crippen LogP contribution in [0, 0.1) is 0 Å². The van der Waals surface area contributed by atoms with Crippen molar-refractivity contribution in [2.45, 2.75) is 0 Å². The molecule has 0 fully saturated rings. The first-order chi connectivity index (χ1) is 12.3. The molecule has 0 atom stereocenters. The van der Waals surface area contributed by atoms with Crippen LogP contribution in [0.15, 0.2) is 67.0 Å². The molecule has 7 heteroatoms. The summed E-state index contributed by atoms with van der Waals surface area (Å²) in [4.78, 5) is 16.1. The number of pyridine rings is 1. The molecule has 25 heavy (non-hydrogen) atoms. The van der Waals surface area contributed by atoms with Gasteiger partial charge in [0.25, 0.3) is 0 Å². The van der Waals surface area contributed by atoms with E-state index < -0.39 is 0 Å². The summed E-state index contributed by atoms with van der Waals surface area (Å²) in [7, 11) is 0.